The molecule has 3 aromatic rings. The fraction of sp³-hybridized carbons (Fsp3) is 0.269. The Morgan fingerprint density at radius 2 is 1.65 bits per heavy atom. The zero-order chi connectivity index (χ0) is 24.9. The summed E-state index contributed by atoms with van der Waals surface area (Å²) in [6.07, 6.45) is 0. The molecule has 34 heavy (non-hydrogen) atoms. The van der Waals surface area contributed by atoms with Crippen LogP contribution in [-0.4, -0.2) is 32.7 Å². The summed E-state index contributed by atoms with van der Waals surface area (Å²) >= 11 is 6.11. The average molecular weight is 500 g/mol. The molecule has 0 aliphatic carbocycles. The second kappa shape index (κ2) is 11.0. The number of rotatable bonds is 9. The molecular formula is C26H30ClN3O3S. The number of hydrogen-bond donors (Lipinski definition) is 1. The van der Waals surface area contributed by atoms with E-state index in [0.29, 0.717) is 10.7 Å². The van der Waals surface area contributed by atoms with Crippen LogP contribution in [-0.2, 0) is 27.9 Å². The number of nitrogens with one attached hydrogen (secondary N) is 1. The Balaban J connectivity index is 2.05. The molecule has 0 saturated heterocycles. The van der Waals surface area contributed by atoms with Crippen LogP contribution in [0.15, 0.2) is 77.7 Å². The Morgan fingerprint density at radius 3 is 2.26 bits per heavy atom. The number of carbonyl (C=O) groups excluding carboxylic acids is 1. The predicted molar refractivity (Wildman–Crippen MR) is 139 cm³/mol. The van der Waals surface area contributed by atoms with Gasteiger partial charge in [-0.3, -0.25) is 4.79 Å². The fourth-order valence-electron chi connectivity index (χ4n) is 3.49. The van der Waals surface area contributed by atoms with Gasteiger partial charge in [-0.25, -0.2) is 8.42 Å². The van der Waals surface area contributed by atoms with Crippen molar-refractivity contribution in [3.63, 3.8) is 0 Å². The highest BCUT2D eigenvalue weighted by molar-refractivity contribution is 7.89. The molecular weight excluding hydrogens is 470 g/mol. The molecule has 0 fully saturated rings. The summed E-state index contributed by atoms with van der Waals surface area (Å²) in [6, 6.07) is 21.3. The van der Waals surface area contributed by atoms with Gasteiger partial charge in [0.15, 0.2) is 0 Å². The number of amides is 1. The summed E-state index contributed by atoms with van der Waals surface area (Å²) in [4.78, 5) is 14.3. The lowest BCUT2D eigenvalue weighted by molar-refractivity contribution is -0.118. The number of sulfonamides is 1. The molecule has 0 aliphatic rings. The Kier molecular flexibility index (Phi) is 8.36. The Morgan fingerprint density at radius 1 is 0.941 bits per heavy atom. The van der Waals surface area contributed by atoms with Crippen LogP contribution in [0.4, 0.5) is 11.4 Å². The second-order valence-electron chi connectivity index (χ2n) is 8.60. The van der Waals surface area contributed by atoms with Crippen LogP contribution in [0.3, 0.4) is 0 Å². The van der Waals surface area contributed by atoms with E-state index in [1.54, 1.807) is 18.2 Å². The SMILES string of the molecule is CC(C)C(=O)Nc1ccc(N(C)C)c(CN(Cc2ccccc2)S(=O)(=O)c2cccc(Cl)c2)c1. The van der Waals surface area contributed by atoms with Crippen molar-refractivity contribution in [1.29, 1.82) is 0 Å². The number of hydrogen-bond acceptors (Lipinski definition) is 4. The van der Waals surface area contributed by atoms with Gasteiger partial charge in [0.1, 0.15) is 0 Å². The zero-order valence-electron chi connectivity index (χ0n) is 19.8. The third-order valence-electron chi connectivity index (χ3n) is 5.34. The van der Waals surface area contributed by atoms with Gasteiger partial charge in [0.25, 0.3) is 0 Å². The highest BCUT2D eigenvalue weighted by Crippen LogP contribution is 2.29. The number of anilines is 2. The maximum atomic E-state index is 13.7. The average Bonchev–Trinajstić information content (AvgIpc) is 2.79. The minimum Gasteiger partial charge on any atom is -0.377 e. The van der Waals surface area contributed by atoms with E-state index in [-0.39, 0.29) is 29.8 Å². The highest BCUT2D eigenvalue weighted by atomic mass is 35.5. The summed E-state index contributed by atoms with van der Waals surface area (Å²) in [6.45, 7) is 3.95. The minimum atomic E-state index is -3.87. The standard InChI is InChI=1S/C26H30ClN3O3S/c1-19(2)26(31)28-23-13-14-25(29(3)4)21(15-23)18-30(17-20-9-6-5-7-10-20)34(32,33)24-12-8-11-22(27)16-24/h5-16,19H,17-18H2,1-4H3,(H,28,31). The van der Waals surface area contributed by atoms with E-state index in [1.165, 1.54) is 10.4 Å². The topological polar surface area (TPSA) is 69.7 Å². The second-order valence-corrected chi connectivity index (χ2v) is 11.0. The van der Waals surface area contributed by atoms with Crippen molar-refractivity contribution in [2.75, 3.05) is 24.3 Å². The highest BCUT2D eigenvalue weighted by Gasteiger charge is 2.26. The summed E-state index contributed by atoms with van der Waals surface area (Å²) in [7, 11) is -0.0667. The quantitative estimate of drug-likeness (QED) is 0.428. The van der Waals surface area contributed by atoms with Gasteiger partial charge < -0.3 is 10.2 Å². The molecule has 0 unspecified atom stereocenters. The first-order valence-corrected chi connectivity index (χ1v) is 12.8. The Labute approximate surface area is 207 Å². The number of halogens is 1. The van der Waals surface area contributed by atoms with Crippen LogP contribution >= 0.6 is 11.6 Å². The monoisotopic (exact) mass is 499 g/mol. The van der Waals surface area contributed by atoms with Crippen molar-refractivity contribution >= 4 is 38.9 Å². The molecule has 1 amide bonds. The minimum absolute atomic E-state index is 0.101. The van der Waals surface area contributed by atoms with E-state index < -0.39 is 10.0 Å². The van der Waals surface area contributed by atoms with Crippen LogP contribution in [0, 0.1) is 5.92 Å². The van der Waals surface area contributed by atoms with Crippen molar-refractivity contribution in [3.8, 4) is 0 Å². The van der Waals surface area contributed by atoms with Gasteiger partial charge in [-0.2, -0.15) is 4.31 Å². The molecule has 0 bridgehead atoms. The lowest BCUT2D eigenvalue weighted by Gasteiger charge is -2.26. The Hall–Kier alpha value is -2.87. The van der Waals surface area contributed by atoms with Crippen LogP contribution in [0.5, 0.6) is 0 Å². The molecule has 1 N–H and O–H groups in total. The molecule has 8 heteroatoms. The number of carbonyl (C=O) groups is 1. The fourth-order valence-corrected chi connectivity index (χ4v) is 5.20. The first kappa shape index (κ1) is 25.7. The molecule has 0 aliphatic heterocycles. The molecule has 3 rings (SSSR count). The zero-order valence-corrected chi connectivity index (χ0v) is 21.4. The number of benzene rings is 3. The lowest BCUT2D eigenvalue weighted by Crippen LogP contribution is -2.31. The van der Waals surface area contributed by atoms with E-state index in [1.807, 2.05) is 81.4 Å². The van der Waals surface area contributed by atoms with E-state index in [0.717, 1.165) is 16.8 Å². The van der Waals surface area contributed by atoms with E-state index in [9.17, 15) is 13.2 Å². The third-order valence-corrected chi connectivity index (χ3v) is 7.36. The summed E-state index contributed by atoms with van der Waals surface area (Å²) in [5, 5.41) is 3.26. The van der Waals surface area contributed by atoms with Crippen LogP contribution in [0.25, 0.3) is 0 Å². The van der Waals surface area contributed by atoms with E-state index in [4.69, 9.17) is 11.6 Å². The molecule has 6 nitrogen and oxygen atoms in total. The van der Waals surface area contributed by atoms with Crippen LogP contribution in [0.1, 0.15) is 25.0 Å². The predicted octanol–water partition coefficient (Wildman–Crippen LogP) is 5.39. The Bertz CT molecular complexity index is 1250. The maximum Gasteiger partial charge on any atom is 0.243 e. The molecule has 0 atom stereocenters. The molecule has 180 valence electrons. The maximum absolute atomic E-state index is 13.7. The first-order valence-electron chi connectivity index (χ1n) is 11.0. The van der Waals surface area contributed by atoms with Gasteiger partial charge in [0, 0.05) is 49.5 Å². The third kappa shape index (κ3) is 6.38. The molecule has 0 radical (unpaired) electrons. The van der Waals surface area contributed by atoms with Gasteiger partial charge in [-0.1, -0.05) is 61.8 Å². The normalized spacial score (nSPS) is 11.6. The van der Waals surface area contributed by atoms with Crippen molar-refractivity contribution in [3.05, 3.63) is 88.9 Å². The van der Waals surface area contributed by atoms with Gasteiger partial charge in [-0.05, 0) is 47.5 Å². The first-order chi connectivity index (χ1) is 16.1. The smallest absolute Gasteiger partial charge is 0.243 e. The molecule has 0 spiro atoms. The number of nitrogens with zero attached hydrogens (tertiary/aromatic N) is 2. The van der Waals surface area contributed by atoms with Gasteiger partial charge in [0.05, 0.1) is 4.90 Å². The van der Waals surface area contributed by atoms with Crippen molar-refractivity contribution in [2.45, 2.75) is 31.8 Å². The van der Waals surface area contributed by atoms with Crippen molar-refractivity contribution < 1.29 is 13.2 Å². The van der Waals surface area contributed by atoms with Gasteiger partial charge >= 0.3 is 0 Å². The van der Waals surface area contributed by atoms with Gasteiger partial charge in [-0.15, -0.1) is 0 Å². The lowest BCUT2D eigenvalue weighted by atomic mass is 10.1. The largest absolute Gasteiger partial charge is 0.377 e. The summed E-state index contributed by atoms with van der Waals surface area (Å²) in [5.41, 5.74) is 3.12. The van der Waals surface area contributed by atoms with Crippen molar-refractivity contribution in [2.24, 2.45) is 5.92 Å². The van der Waals surface area contributed by atoms with Crippen molar-refractivity contribution in [1.82, 2.24) is 4.31 Å². The summed E-state index contributed by atoms with van der Waals surface area (Å²) < 4.78 is 28.9. The summed E-state index contributed by atoms with van der Waals surface area (Å²) in [5.74, 6) is -0.272. The van der Waals surface area contributed by atoms with Gasteiger partial charge in [0.2, 0.25) is 15.9 Å². The molecule has 3 aromatic carbocycles. The van der Waals surface area contributed by atoms with Crippen LogP contribution < -0.4 is 10.2 Å². The van der Waals surface area contributed by atoms with E-state index in [2.05, 4.69) is 5.32 Å². The molecule has 0 aromatic heterocycles. The molecule has 0 saturated carbocycles. The molecule has 0 heterocycles. The van der Waals surface area contributed by atoms with E-state index >= 15 is 0 Å². The van der Waals surface area contributed by atoms with Crippen LogP contribution in [0.2, 0.25) is 5.02 Å².